The van der Waals surface area contributed by atoms with Crippen molar-refractivity contribution in [1.29, 1.82) is 0 Å². The SMILES string of the molecule is [C-]#[N+]c1ccc2c(oc3c(-c4n(C)cc[n+]4C)c(C)cc(C(C)(C)C)c32)c1-c1ccc(-c2ccccc2)cc1. The Bertz CT molecular complexity index is 1890. The molecule has 0 unspecified atom stereocenters. The highest BCUT2D eigenvalue weighted by atomic mass is 16.3. The second-order valence-electron chi connectivity index (χ2n) is 11.4. The van der Waals surface area contributed by atoms with E-state index in [2.05, 4.69) is 129 Å². The van der Waals surface area contributed by atoms with E-state index in [1.54, 1.807) is 0 Å². The minimum absolute atomic E-state index is 0.0926. The second kappa shape index (κ2) is 8.99. The zero-order valence-corrected chi connectivity index (χ0v) is 23.3. The van der Waals surface area contributed by atoms with Gasteiger partial charge in [-0.25, -0.2) is 14.0 Å². The van der Waals surface area contributed by atoms with E-state index in [0.29, 0.717) is 5.69 Å². The van der Waals surface area contributed by atoms with Crippen LogP contribution in [0.3, 0.4) is 0 Å². The van der Waals surface area contributed by atoms with Gasteiger partial charge in [-0.1, -0.05) is 93.6 Å². The summed E-state index contributed by atoms with van der Waals surface area (Å²) in [6.45, 7) is 16.9. The highest BCUT2D eigenvalue weighted by molar-refractivity contribution is 6.16. The minimum Gasteiger partial charge on any atom is -0.456 e. The quantitative estimate of drug-likeness (QED) is 0.172. The van der Waals surface area contributed by atoms with Crippen LogP contribution in [0.5, 0.6) is 0 Å². The molecule has 2 heterocycles. The van der Waals surface area contributed by atoms with Gasteiger partial charge in [0.05, 0.1) is 20.7 Å². The van der Waals surface area contributed by atoms with Crippen LogP contribution in [0.25, 0.3) is 60.4 Å². The van der Waals surface area contributed by atoms with Crippen molar-refractivity contribution in [1.82, 2.24) is 4.57 Å². The molecule has 0 aliphatic heterocycles. The van der Waals surface area contributed by atoms with Gasteiger partial charge in [0.1, 0.15) is 23.5 Å². The van der Waals surface area contributed by atoms with Crippen molar-refractivity contribution in [2.45, 2.75) is 33.1 Å². The molecule has 0 radical (unpaired) electrons. The number of nitrogens with zero attached hydrogens (tertiary/aromatic N) is 3. The zero-order chi connectivity index (χ0) is 27.5. The average molecular weight is 511 g/mol. The Hall–Kier alpha value is -4.62. The topological polar surface area (TPSA) is 26.3 Å². The van der Waals surface area contributed by atoms with E-state index in [0.717, 1.165) is 50.0 Å². The number of imidazole rings is 1. The van der Waals surface area contributed by atoms with Crippen LogP contribution in [0, 0.1) is 13.5 Å². The van der Waals surface area contributed by atoms with Crippen molar-refractivity contribution in [3.63, 3.8) is 0 Å². The third-order valence-electron chi connectivity index (χ3n) is 7.70. The van der Waals surface area contributed by atoms with Gasteiger partial charge in [0.15, 0.2) is 11.3 Å². The molecule has 0 fully saturated rings. The van der Waals surface area contributed by atoms with Crippen LogP contribution in [0.1, 0.15) is 31.9 Å². The first kappa shape index (κ1) is 24.7. The number of aryl methyl sites for hydroxylation is 3. The Balaban J connectivity index is 1.70. The van der Waals surface area contributed by atoms with Crippen molar-refractivity contribution < 1.29 is 8.98 Å². The zero-order valence-electron chi connectivity index (χ0n) is 23.3. The Morgan fingerprint density at radius 1 is 0.846 bits per heavy atom. The van der Waals surface area contributed by atoms with Crippen LogP contribution in [-0.2, 0) is 19.5 Å². The molecule has 0 amide bonds. The molecule has 39 heavy (non-hydrogen) atoms. The lowest BCUT2D eigenvalue weighted by molar-refractivity contribution is -0.659. The lowest BCUT2D eigenvalue weighted by atomic mass is 9.81. The number of benzene rings is 4. The number of fused-ring (bicyclic) bond motifs is 3. The first-order chi connectivity index (χ1) is 18.7. The fourth-order valence-corrected chi connectivity index (χ4v) is 5.78. The molecule has 0 N–H and O–H groups in total. The van der Waals surface area contributed by atoms with Crippen LogP contribution in [-0.4, -0.2) is 4.57 Å². The third-order valence-corrected chi connectivity index (χ3v) is 7.70. The van der Waals surface area contributed by atoms with Gasteiger partial charge in [-0.05, 0) is 40.2 Å². The lowest BCUT2D eigenvalue weighted by Crippen LogP contribution is -2.29. The van der Waals surface area contributed by atoms with Gasteiger partial charge in [-0.2, -0.15) is 0 Å². The van der Waals surface area contributed by atoms with E-state index in [-0.39, 0.29) is 5.41 Å². The maximum Gasteiger partial charge on any atom is 0.292 e. The minimum atomic E-state index is -0.0926. The predicted octanol–water partition coefficient (Wildman–Crippen LogP) is 8.91. The molecule has 0 bridgehead atoms. The molecule has 6 rings (SSSR count). The average Bonchev–Trinajstić information content (AvgIpc) is 3.47. The Morgan fingerprint density at radius 2 is 1.51 bits per heavy atom. The van der Waals surface area contributed by atoms with E-state index in [4.69, 9.17) is 11.0 Å². The third kappa shape index (κ3) is 3.94. The molecule has 0 saturated heterocycles. The summed E-state index contributed by atoms with van der Waals surface area (Å²) in [5.74, 6) is 1.08. The van der Waals surface area contributed by atoms with E-state index in [9.17, 15) is 0 Å². The van der Waals surface area contributed by atoms with Gasteiger partial charge < -0.3 is 4.42 Å². The molecule has 0 aliphatic carbocycles. The van der Waals surface area contributed by atoms with E-state index < -0.39 is 0 Å². The maximum absolute atomic E-state index is 7.98. The van der Waals surface area contributed by atoms with Crippen molar-refractivity contribution in [2.24, 2.45) is 14.1 Å². The summed E-state index contributed by atoms with van der Waals surface area (Å²) in [5.41, 5.74) is 9.77. The molecular formula is C35H32N3O+. The fourth-order valence-electron chi connectivity index (χ4n) is 5.78. The predicted molar refractivity (Wildman–Crippen MR) is 160 cm³/mol. The number of rotatable bonds is 3. The molecule has 0 saturated carbocycles. The summed E-state index contributed by atoms with van der Waals surface area (Å²) in [7, 11) is 4.13. The second-order valence-corrected chi connectivity index (χ2v) is 11.4. The van der Waals surface area contributed by atoms with Crippen molar-refractivity contribution in [3.8, 4) is 33.6 Å². The van der Waals surface area contributed by atoms with Crippen LogP contribution in [0.15, 0.2) is 89.6 Å². The van der Waals surface area contributed by atoms with Crippen molar-refractivity contribution in [3.05, 3.63) is 108 Å². The molecule has 2 aromatic heterocycles. The monoisotopic (exact) mass is 510 g/mol. The molecular weight excluding hydrogens is 478 g/mol. The highest BCUT2D eigenvalue weighted by Gasteiger charge is 2.30. The molecule has 6 aromatic rings. The molecule has 0 spiro atoms. The Morgan fingerprint density at radius 3 is 2.13 bits per heavy atom. The Labute approximate surface area is 229 Å². The summed E-state index contributed by atoms with van der Waals surface area (Å²) in [4.78, 5) is 3.92. The van der Waals surface area contributed by atoms with E-state index in [1.807, 2.05) is 12.1 Å². The molecule has 192 valence electrons. The maximum atomic E-state index is 7.98. The molecule has 4 nitrogen and oxygen atoms in total. The number of hydrogen-bond donors (Lipinski definition) is 0. The molecule has 4 aromatic carbocycles. The smallest absolute Gasteiger partial charge is 0.292 e. The largest absolute Gasteiger partial charge is 0.456 e. The van der Waals surface area contributed by atoms with Crippen molar-refractivity contribution >= 4 is 27.6 Å². The lowest BCUT2D eigenvalue weighted by Gasteiger charge is -2.22. The van der Waals surface area contributed by atoms with Crippen LogP contribution in [0.4, 0.5) is 5.69 Å². The first-order valence-corrected chi connectivity index (χ1v) is 13.3. The van der Waals surface area contributed by atoms with Crippen molar-refractivity contribution in [2.75, 3.05) is 0 Å². The summed E-state index contributed by atoms with van der Waals surface area (Å²) in [5, 5.41) is 2.17. The molecule has 4 heteroatoms. The summed E-state index contributed by atoms with van der Waals surface area (Å²) in [6, 6.07) is 25.1. The summed E-state index contributed by atoms with van der Waals surface area (Å²) >= 11 is 0. The summed E-state index contributed by atoms with van der Waals surface area (Å²) < 4.78 is 11.2. The van der Waals surface area contributed by atoms with Crippen LogP contribution >= 0.6 is 0 Å². The van der Waals surface area contributed by atoms with E-state index in [1.165, 1.54) is 16.7 Å². The standard InChI is InChI=1S/C35H32N3O/c1-22-21-27(35(2,3)4)31-26-17-18-28(36-5)30(25-15-13-24(14-16-25)23-11-9-8-10-12-23)32(26)39-33(31)29(22)34-37(6)19-20-38(34)7/h8-21H,1-4,6-7H3/q+1. The summed E-state index contributed by atoms with van der Waals surface area (Å²) in [6.07, 6.45) is 4.13. The number of furan rings is 1. The van der Waals surface area contributed by atoms with Gasteiger partial charge in [0, 0.05) is 16.3 Å². The van der Waals surface area contributed by atoms with Gasteiger partial charge in [-0.3, -0.25) is 0 Å². The Kier molecular flexibility index (Phi) is 5.70. The van der Waals surface area contributed by atoms with E-state index >= 15 is 0 Å². The molecule has 0 atom stereocenters. The normalized spacial score (nSPS) is 11.8. The van der Waals surface area contributed by atoms with Crippen LogP contribution in [0.2, 0.25) is 0 Å². The van der Waals surface area contributed by atoms with Gasteiger partial charge >= 0.3 is 0 Å². The molecule has 0 aliphatic rings. The number of hydrogen-bond acceptors (Lipinski definition) is 1. The van der Waals surface area contributed by atoms with Gasteiger partial charge in [0.25, 0.3) is 5.82 Å². The fraction of sp³-hybridized carbons (Fsp3) is 0.200. The number of aromatic nitrogens is 2. The van der Waals surface area contributed by atoms with Gasteiger partial charge in [0.2, 0.25) is 0 Å². The highest BCUT2D eigenvalue weighted by Crippen LogP contribution is 2.47. The van der Waals surface area contributed by atoms with Crippen LogP contribution < -0.4 is 4.57 Å². The van der Waals surface area contributed by atoms with Gasteiger partial charge in [-0.15, -0.1) is 0 Å². The first-order valence-electron chi connectivity index (χ1n) is 13.3.